The third-order valence-electron chi connectivity index (χ3n) is 6.21. The van der Waals surface area contributed by atoms with Crippen LogP contribution in [0.5, 0.6) is 0 Å². The molecule has 3 nitrogen and oxygen atoms in total. The van der Waals surface area contributed by atoms with Crippen molar-refractivity contribution in [3.8, 4) is 0 Å². The van der Waals surface area contributed by atoms with Crippen LogP contribution >= 0.6 is 0 Å². The molecule has 33 heavy (non-hydrogen) atoms. The summed E-state index contributed by atoms with van der Waals surface area (Å²) in [6, 6.07) is 15.4. The second-order valence-electron chi connectivity index (χ2n) is 10.8. The number of aryl methyl sites for hydroxylation is 4. The zero-order valence-electron chi connectivity index (χ0n) is 22.3. The van der Waals surface area contributed by atoms with Crippen molar-refractivity contribution in [1.82, 2.24) is 0 Å². The molecule has 0 fully saturated rings. The third-order valence-corrected chi connectivity index (χ3v) is 13.7. The van der Waals surface area contributed by atoms with Gasteiger partial charge in [0.25, 0.3) is 0 Å². The van der Waals surface area contributed by atoms with Crippen LogP contribution in [-0.4, -0.2) is 29.8 Å². The smallest absolute Gasteiger partial charge is 0.173 e. The standard InChI is InChI=1S/C28H46O3Si2/c1-23-11-13-25(3)27(19-23)21-29-15-9-17-32(5,6)31-33(7,8)18-10-16-30-22-28-20-24(2)12-14-26(28)4/h11-14,19-20H,9-10,15-18,21-22H2,1-8H3. The van der Waals surface area contributed by atoms with E-state index in [-0.39, 0.29) is 0 Å². The minimum Gasteiger partial charge on any atom is -0.455 e. The molecule has 2 rings (SSSR count). The van der Waals surface area contributed by atoms with Gasteiger partial charge in [-0.1, -0.05) is 47.5 Å². The average molecular weight is 487 g/mol. The first-order valence-electron chi connectivity index (χ1n) is 12.5. The highest BCUT2D eigenvalue weighted by atomic mass is 28.4. The maximum atomic E-state index is 6.79. The molecule has 5 heteroatoms. The first kappa shape index (κ1) is 28.0. The minimum atomic E-state index is -1.68. The molecule has 2 aromatic carbocycles. The molecular weight excluding hydrogens is 440 g/mol. The second-order valence-corrected chi connectivity index (χ2v) is 19.6. The van der Waals surface area contributed by atoms with Crippen molar-refractivity contribution in [2.45, 2.75) is 92.0 Å². The van der Waals surface area contributed by atoms with E-state index >= 15 is 0 Å². The number of hydrogen-bond acceptors (Lipinski definition) is 3. The van der Waals surface area contributed by atoms with Gasteiger partial charge in [0.2, 0.25) is 0 Å². The second kappa shape index (κ2) is 13.0. The zero-order chi connectivity index (χ0) is 24.5. The predicted octanol–water partition coefficient (Wildman–Crippen LogP) is 7.86. The molecule has 0 N–H and O–H groups in total. The monoisotopic (exact) mass is 486 g/mol. The van der Waals surface area contributed by atoms with Crippen molar-refractivity contribution in [2.75, 3.05) is 13.2 Å². The van der Waals surface area contributed by atoms with Crippen LogP contribution in [0.15, 0.2) is 36.4 Å². The zero-order valence-corrected chi connectivity index (χ0v) is 24.3. The summed E-state index contributed by atoms with van der Waals surface area (Å²) in [5, 5.41) is 0. The van der Waals surface area contributed by atoms with E-state index in [9.17, 15) is 0 Å². The van der Waals surface area contributed by atoms with Gasteiger partial charge in [-0.05, 0) is 101 Å². The molecule has 0 amide bonds. The van der Waals surface area contributed by atoms with Crippen molar-refractivity contribution in [2.24, 2.45) is 0 Å². The van der Waals surface area contributed by atoms with Crippen molar-refractivity contribution in [3.63, 3.8) is 0 Å². The van der Waals surface area contributed by atoms with E-state index in [1.807, 2.05) is 0 Å². The molecule has 0 saturated heterocycles. The molecule has 0 atom stereocenters. The highest BCUT2D eigenvalue weighted by molar-refractivity contribution is 6.84. The summed E-state index contributed by atoms with van der Waals surface area (Å²) >= 11 is 0. The molecule has 0 aromatic heterocycles. The van der Waals surface area contributed by atoms with Gasteiger partial charge in [0.05, 0.1) is 13.2 Å². The first-order valence-corrected chi connectivity index (χ1v) is 18.7. The van der Waals surface area contributed by atoms with Crippen molar-refractivity contribution in [1.29, 1.82) is 0 Å². The minimum absolute atomic E-state index is 0.707. The molecular formula is C28H46O3Si2. The summed E-state index contributed by atoms with van der Waals surface area (Å²) in [6.45, 7) is 21.1. The van der Waals surface area contributed by atoms with Gasteiger partial charge >= 0.3 is 0 Å². The molecule has 0 saturated carbocycles. The van der Waals surface area contributed by atoms with E-state index in [0.29, 0.717) is 13.2 Å². The van der Waals surface area contributed by atoms with Gasteiger partial charge in [0.15, 0.2) is 16.6 Å². The van der Waals surface area contributed by atoms with E-state index in [0.717, 1.165) is 38.1 Å². The molecule has 0 aliphatic rings. The SMILES string of the molecule is Cc1ccc(C)c(COCCC[Si](C)(C)O[Si](C)(C)CCCOCc2cc(C)ccc2C)c1. The average Bonchev–Trinajstić information content (AvgIpc) is 2.71. The third kappa shape index (κ3) is 10.7. The lowest BCUT2D eigenvalue weighted by molar-refractivity contribution is 0.120. The number of ether oxygens (including phenoxy) is 2. The highest BCUT2D eigenvalue weighted by Gasteiger charge is 2.32. The normalized spacial score (nSPS) is 12.4. The predicted molar refractivity (Wildman–Crippen MR) is 146 cm³/mol. The van der Waals surface area contributed by atoms with E-state index < -0.39 is 16.6 Å². The maximum absolute atomic E-state index is 6.79. The lowest BCUT2D eigenvalue weighted by atomic mass is 10.1. The Hall–Kier alpha value is -1.25. The lowest BCUT2D eigenvalue weighted by Gasteiger charge is -2.34. The largest absolute Gasteiger partial charge is 0.455 e. The van der Waals surface area contributed by atoms with Gasteiger partial charge in [-0.25, -0.2) is 0 Å². The van der Waals surface area contributed by atoms with E-state index in [1.54, 1.807) is 0 Å². The Morgan fingerprint density at radius 2 is 1.00 bits per heavy atom. The molecule has 2 aromatic rings. The van der Waals surface area contributed by atoms with E-state index in [4.69, 9.17) is 13.6 Å². The van der Waals surface area contributed by atoms with Crippen LogP contribution in [0.25, 0.3) is 0 Å². The van der Waals surface area contributed by atoms with Crippen LogP contribution in [-0.2, 0) is 26.8 Å². The number of hydrogen-bond donors (Lipinski definition) is 0. The van der Waals surface area contributed by atoms with Crippen LogP contribution in [0.1, 0.15) is 46.2 Å². The Bertz CT molecular complexity index is 806. The molecule has 0 spiro atoms. The lowest BCUT2D eigenvalue weighted by Crippen LogP contribution is -2.44. The molecule has 184 valence electrons. The Balaban J connectivity index is 1.64. The fourth-order valence-corrected chi connectivity index (χ4v) is 13.1. The van der Waals surface area contributed by atoms with Gasteiger partial charge in [-0.3, -0.25) is 0 Å². The number of rotatable bonds is 14. The Labute approximate surface area is 205 Å². The molecule has 0 aliphatic carbocycles. The quantitative estimate of drug-likeness (QED) is 0.201. The van der Waals surface area contributed by atoms with Crippen LogP contribution in [0.4, 0.5) is 0 Å². The summed E-state index contributed by atoms with van der Waals surface area (Å²) in [6.07, 6.45) is 2.15. The van der Waals surface area contributed by atoms with Crippen molar-refractivity contribution >= 4 is 16.6 Å². The van der Waals surface area contributed by atoms with Gasteiger partial charge in [0.1, 0.15) is 0 Å². The fourth-order valence-electron chi connectivity index (χ4n) is 4.33. The fraction of sp³-hybridized carbons (Fsp3) is 0.571. The van der Waals surface area contributed by atoms with Crippen LogP contribution in [0, 0.1) is 27.7 Å². The van der Waals surface area contributed by atoms with Crippen molar-refractivity contribution in [3.05, 3.63) is 69.8 Å². The van der Waals surface area contributed by atoms with Crippen molar-refractivity contribution < 1.29 is 13.6 Å². The Kier molecular flexibility index (Phi) is 11.0. The van der Waals surface area contributed by atoms with E-state index in [1.165, 1.54) is 33.4 Å². The molecule has 0 aliphatic heterocycles. The number of benzene rings is 2. The highest BCUT2D eigenvalue weighted by Crippen LogP contribution is 2.24. The van der Waals surface area contributed by atoms with E-state index in [2.05, 4.69) is 90.3 Å². The maximum Gasteiger partial charge on any atom is 0.173 e. The summed E-state index contributed by atoms with van der Waals surface area (Å²) in [7, 11) is -3.36. The van der Waals surface area contributed by atoms with Gasteiger partial charge < -0.3 is 13.6 Å². The first-order chi connectivity index (χ1) is 15.5. The Morgan fingerprint density at radius 3 is 1.39 bits per heavy atom. The van der Waals surface area contributed by atoms with Crippen LogP contribution in [0.3, 0.4) is 0 Å². The van der Waals surface area contributed by atoms with Gasteiger partial charge in [-0.15, -0.1) is 0 Å². The topological polar surface area (TPSA) is 27.7 Å². The summed E-state index contributed by atoms with van der Waals surface area (Å²) in [4.78, 5) is 0. The Morgan fingerprint density at radius 1 is 0.606 bits per heavy atom. The molecule has 0 unspecified atom stereocenters. The summed E-state index contributed by atoms with van der Waals surface area (Å²) in [5.74, 6) is 0. The van der Waals surface area contributed by atoms with Gasteiger partial charge in [-0.2, -0.15) is 0 Å². The molecule has 0 heterocycles. The molecule has 0 bridgehead atoms. The van der Waals surface area contributed by atoms with Crippen LogP contribution in [0.2, 0.25) is 38.3 Å². The van der Waals surface area contributed by atoms with Gasteiger partial charge in [0, 0.05) is 13.2 Å². The molecule has 0 radical (unpaired) electrons. The summed E-state index contributed by atoms with van der Waals surface area (Å²) < 4.78 is 18.8. The van der Waals surface area contributed by atoms with Crippen LogP contribution < -0.4 is 0 Å². The summed E-state index contributed by atoms with van der Waals surface area (Å²) in [5.41, 5.74) is 7.81.